The number of carbonyl (C=O) groups excluding carboxylic acids is 1. The minimum Gasteiger partial charge on any atom is -0.494 e. The Morgan fingerprint density at radius 2 is 1.97 bits per heavy atom. The highest BCUT2D eigenvalue weighted by atomic mass is 32.1. The third-order valence-corrected chi connectivity index (χ3v) is 5.84. The predicted octanol–water partition coefficient (Wildman–Crippen LogP) is 3.81. The maximum atomic E-state index is 11.9. The van der Waals surface area contributed by atoms with Gasteiger partial charge in [0.25, 0.3) is 0 Å². The van der Waals surface area contributed by atoms with Crippen molar-refractivity contribution in [3.8, 4) is 11.4 Å². The van der Waals surface area contributed by atoms with E-state index >= 15 is 0 Å². The molecule has 1 aromatic carbocycles. The first-order valence-corrected chi connectivity index (χ1v) is 11.0. The lowest BCUT2D eigenvalue weighted by Gasteiger charge is -2.28. The van der Waals surface area contributed by atoms with Gasteiger partial charge in [0.2, 0.25) is 0 Å². The largest absolute Gasteiger partial charge is 0.494 e. The molecule has 2 aromatic heterocycles. The molecule has 1 aliphatic rings. The Labute approximate surface area is 193 Å². The number of aromatic nitrogens is 2. The van der Waals surface area contributed by atoms with E-state index in [0.29, 0.717) is 18.3 Å². The number of hydrogen-bond acceptors (Lipinski definition) is 5. The van der Waals surface area contributed by atoms with Crippen LogP contribution in [0.1, 0.15) is 36.8 Å². The number of hydrogen-bond donors (Lipinski definition) is 1. The zero-order valence-corrected chi connectivity index (χ0v) is 18.9. The van der Waals surface area contributed by atoms with Gasteiger partial charge in [-0.15, -0.1) is 0 Å². The number of benzene rings is 1. The van der Waals surface area contributed by atoms with Crippen molar-refractivity contribution in [1.29, 1.82) is 0 Å². The van der Waals surface area contributed by atoms with Crippen molar-refractivity contribution in [3.63, 3.8) is 0 Å². The van der Waals surface area contributed by atoms with Crippen LogP contribution in [0.3, 0.4) is 0 Å². The second-order valence-electron chi connectivity index (χ2n) is 7.38. The fourth-order valence-electron chi connectivity index (χ4n) is 4.02. The quantitative estimate of drug-likeness (QED) is 0.413. The highest BCUT2D eigenvalue weighted by molar-refractivity contribution is 7.80. The van der Waals surface area contributed by atoms with Gasteiger partial charge in [0.15, 0.2) is 5.11 Å². The smallest absolute Gasteiger partial charge is 0.307 e. The van der Waals surface area contributed by atoms with Gasteiger partial charge in [-0.2, -0.15) is 0 Å². The lowest BCUT2D eigenvalue weighted by molar-refractivity contribution is -0.140. The van der Waals surface area contributed by atoms with Crippen LogP contribution in [-0.4, -0.2) is 45.8 Å². The molecule has 2 unspecified atom stereocenters. The summed E-state index contributed by atoms with van der Waals surface area (Å²) >= 11 is 5.67. The molecule has 2 atom stereocenters. The second kappa shape index (κ2) is 9.82. The zero-order valence-electron chi connectivity index (χ0n) is 18.1. The van der Waals surface area contributed by atoms with Crippen LogP contribution in [0.25, 0.3) is 5.69 Å². The van der Waals surface area contributed by atoms with Crippen molar-refractivity contribution in [1.82, 2.24) is 19.8 Å². The number of methoxy groups -OCH3 is 1. The Hall–Kier alpha value is -3.39. The molecule has 3 heterocycles. The first-order chi connectivity index (χ1) is 15.6. The minimum atomic E-state index is -0.269. The molecule has 0 saturated carbocycles. The van der Waals surface area contributed by atoms with Crippen LogP contribution in [0.15, 0.2) is 67.0 Å². The summed E-state index contributed by atoms with van der Waals surface area (Å²) in [4.78, 5) is 18.5. The van der Waals surface area contributed by atoms with E-state index in [0.717, 1.165) is 22.8 Å². The van der Waals surface area contributed by atoms with Crippen LogP contribution in [0, 0.1) is 0 Å². The van der Waals surface area contributed by atoms with Crippen molar-refractivity contribution < 1.29 is 14.3 Å². The number of nitrogens with one attached hydrogen (secondary N) is 1. The fourth-order valence-corrected chi connectivity index (χ4v) is 4.35. The lowest BCUT2D eigenvalue weighted by atomic mass is 10.0. The van der Waals surface area contributed by atoms with Crippen LogP contribution in [0.2, 0.25) is 0 Å². The third kappa shape index (κ3) is 4.45. The molecular formula is C24H26N4O3S. The Bertz CT molecular complexity index is 1070. The maximum absolute atomic E-state index is 11.9. The zero-order chi connectivity index (χ0) is 22.5. The van der Waals surface area contributed by atoms with Crippen molar-refractivity contribution in [2.45, 2.75) is 25.4 Å². The molecule has 1 N–H and O–H groups in total. The summed E-state index contributed by atoms with van der Waals surface area (Å²) in [5.41, 5.74) is 2.95. The number of esters is 1. The van der Waals surface area contributed by atoms with E-state index < -0.39 is 0 Å². The predicted molar refractivity (Wildman–Crippen MR) is 126 cm³/mol. The van der Waals surface area contributed by atoms with E-state index in [1.165, 1.54) is 7.11 Å². The maximum Gasteiger partial charge on any atom is 0.307 e. The molecule has 1 saturated heterocycles. The van der Waals surface area contributed by atoms with E-state index in [-0.39, 0.29) is 24.5 Å². The Morgan fingerprint density at radius 1 is 1.16 bits per heavy atom. The Morgan fingerprint density at radius 3 is 2.66 bits per heavy atom. The Balaban J connectivity index is 1.72. The summed E-state index contributed by atoms with van der Waals surface area (Å²) in [5.74, 6) is 0.564. The first-order valence-electron chi connectivity index (χ1n) is 10.6. The number of rotatable bonds is 8. The second-order valence-corrected chi connectivity index (χ2v) is 7.76. The van der Waals surface area contributed by atoms with E-state index in [1.54, 1.807) is 6.20 Å². The molecule has 32 heavy (non-hydrogen) atoms. The van der Waals surface area contributed by atoms with E-state index in [2.05, 4.69) is 20.9 Å². The number of ether oxygens (including phenoxy) is 2. The van der Waals surface area contributed by atoms with E-state index in [4.69, 9.17) is 21.7 Å². The van der Waals surface area contributed by atoms with Crippen molar-refractivity contribution >= 4 is 23.3 Å². The molecule has 3 aromatic rings. The van der Waals surface area contributed by atoms with Gasteiger partial charge in [-0.3, -0.25) is 9.78 Å². The summed E-state index contributed by atoms with van der Waals surface area (Å²) in [6, 6.07) is 17.6. The SMILES string of the molecule is CCOc1ccc(-n2cccc2C2C(c3ccccn3)NC(=S)N2CCC(=O)OC)cc1. The molecule has 0 amide bonds. The lowest BCUT2D eigenvalue weighted by Crippen LogP contribution is -2.32. The van der Waals surface area contributed by atoms with Gasteiger partial charge in [-0.1, -0.05) is 6.07 Å². The summed E-state index contributed by atoms with van der Waals surface area (Å²) in [6.07, 6.45) is 4.05. The van der Waals surface area contributed by atoms with E-state index in [1.807, 2.05) is 66.6 Å². The minimum absolute atomic E-state index is 0.149. The number of pyridine rings is 1. The van der Waals surface area contributed by atoms with Crippen LogP contribution in [0.5, 0.6) is 5.75 Å². The Kier molecular flexibility index (Phi) is 6.70. The van der Waals surface area contributed by atoms with Gasteiger partial charge < -0.3 is 24.3 Å². The van der Waals surface area contributed by atoms with Gasteiger partial charge in [-0.25, -0.2) is 0 Å². The number of carbonyl (C=O) groups is 1. The van der Waals surface area contributed by atoms with Crippen LogP contribution in [0.4, 0.5) is 0 Å². The summed E-state index contributed by atoms with van der Waals surface area (Å²) in [6.45, 7) is 3.04. The van der Waals surface area contributed by atoms with Crippen molar-refractivity contribution in [3.05, 3.63) is 78.4 Å². The monoisotopic (exact) mass is 450 g/mol. The van der Waals surface area contributed by atoms with Crippen molar-refractivity contribution in [2.24, 2.45) is 0 Å². The first kappa shape index (κ1) is 21.8. The molecule has 0 aliphatic carbocycles. The topological polar surface area (TPSA) is 68.6 Å². The summed E-state index contributed by atoms with van der Waals surface area (Å²) in [7, 11) is 1.40. The van der Waals surface area contributed by atoms with Gasteiger partial charge in [0.1, 0.15) is 5.75 Å². The number of nitrogens with zero attached hydrogens (tertiary/aromatic N) is 3. The van der Waals surface area contributed by atoms with Gasteiger partial charge in [0, 0.05) is 30.3 Å². The molecule has 1 fully saturated rings. The highest BCUT2D eigenvalue weighted by Gasteiger charge is 2.41. The summed E-state index contributed by atoms with van der Waals surface area (Å²) in [5, 5.41) is 4.01. The highest BCUT2D eigenvalue weighted by Crippen LogP contribution is 2.39. The standard InChI is InChI=1S/C24H26N4O3S/c1-3-31-18-11-9-17(10-12-18)27-15-6-8-20(27)23-22(19-7-4-5-14-25-19)26-24(32)28(23)16-13-21(29)30-2/h4-12,14-15,22-23H,3,13,16H2,1-2H3,(H,26,32). The third-order valence-electron chi connectivity index (χ3n) is 5.49. The molecule has 1 aliphatic heterocycles. The molecule has 0 radical (unpaired) electrons. The number of thiocarbonyl (C=S) groups is 1. The molecule has 7 nitrogen and oxygen atoms in total. The van der Waals surface area contributed by atoms with E-state index in [9.17, 15) is 4.79 Å². The molecule has 0 bridgehead atoms. The molecule has 166 valence electrons. The van der Waals surface area contributed by atoms with Crippen LogP contribution < -0.4 is 10.1 Å². The van der Waals surface area contributed by atoms with Crippen LogP contribution in [-0.2, 0) is 9.53 Å². The normalized spacial score (nSPS) is 17.8. The average Bonchev–Trinajstić information content (AvgIpc) is 3.43. The fraction of sp³-hybridized carbons (Fsp3) is 0.292. The van der Waals surface area contributed by atoms with Gasteiger partial charge >= 0.3 is 5.97 Å². The van der Waals surface area contributed by atoms with Crippen molar-refractivity contribution in [2.75, 3.05) is 20.3 Å². The average molecular weight is 451 g/mol. The van der Waals surface area contributed by atoms with Gasteiger partial charge in [-0.05, 0) is 67.7 Å². The molecule has 8 heteroatoms. The molecule has 0 spiro atoms. The van der Waals surface area contributed by atoms with Crippen LogP contribution >= 0.6 is 12.2 Å². The molecule has 4 rings (SSSR count). The van der Waals surface area contributed by atoms with Gasteiger partial charge in [0.05, 0.1) is 37.9 Å². The molecular weight excluding hydrogens is 424 g/mol. The summed E-state index contributed by atoms with van der Waals surface area (Å²) < 4.78 is 12.6.